The van der Waals surface area contributed by atoms with Crippen molar-refractivity contribution in [2.24, 2.45) is 0 Å². The van der Waals surface area contributed by atoms with Crippen molar-refractivity contribution in [3.63, 3.8) is 0 Å². The van der Waals surface area contributed by atoms with Gasteiger partial charge in [0.1, 0.15) is 24.0 Å². The minimum Gasteiger partial charge on any atom is -0.443 e. The molecule has 2 aromatic heterocycles. The molecular formula is C18H19N3O3. The highest BCUT2D eigenvalue weighted by atomic mass is 16.3. The van der Waals surface area contributed by atoms with E-state index in [0.29, 0.717) is 23.4 Å². The predicted octanol–water partition coefficient (Wildman–Crippen LogP) is 2.23. The first-order chi connectivity index (χ1) is 11.5. The number of nitrogens with zero attached hydrogens (tertiary/aromatic N) is 2. The van der Waals surface area contributed by atoms with Crippen molar-refractivity contribution >= 4 is 17.0 Å². The zero-order valence-corrected chi connectivity index (χ0v) is 13.9. The first kappa shape index (κ1) is 16.0. The zero-order chi connectivity index (χ0) is 17.3. The molecule has 124 valence electrons. The molecule has 1 aromatic carbocycles. The van der Waals surface area contributed by atoms with E-state index < -0.39 is 0 Å². The fraction of sp³-hybridized carbons (Fsp3) is 0.278. The molecule has 0 saturated carbocycles. The van der Waals surface area contributed by atoms with E-state index in [1.54, 1.807) is 6.92 Å². The van der Waals surface area contributed by atoms with Crippen LogP contribution in [0.1, 0.15) is 22.5 Å². The van der Waals surface area contributed by atoms with Gasteiger partial charge in [-0.3, -0.25) is 14.2 Å². The summed E-state index contributed by atoms with van der Waals surface area (Å²) in [5, 5.41) is 3.27. The number of aryl methyl sites for hydroxylation is 3. The lowest BCUT2D eigenvalue weighted by Gasteiger charge is -2.09. The summed E-state index contributed by atoms with van der Waals surface area (Å²) in [6.45, 7) is 5.95. The van der Waals surface area contributed by atoms with Crippen molar-refractivity contribution in [1.82, 2.24) is 14.9 Å². The number of fused-ring (bicyclic) bond motifs is 1. The Labute approximate surface area is 139 Å². The second-order valence-electron chi connectivity index (χ2n) is 5.84. The number of carbonyl (C=O) groups excluding carboxylic acids is 1. The van der Waals surface area contributed by atoms with E-state index in [0.717, 1.165) is 16.7 Å². The molecule has 0 radical (unpaired) electrons. The highest BCUT2D eigenvalue weighted by Crippen LogP contribution is 2.18. The van der Waals surface area contributed by atoms with Crippen LogP contribution in [0, 0.1) is 20.8 Å². The van der Waals surface area contributed by atoms with Crippen LogP contribution in [0.15, 0.2) is 39.8 Å². The van der Waals surface area contributed by atoms with Gasteiger partial charge in [-0.15, -0.1) is 0 Å². The molecule has 0 saturated heterocycles. The van der Waals surface area contributed by atoms with Crippen LogP contribution in [0.2, 0.25) is 0 Å². The molecule has 0 atom stereocenters. The van der Waals surface area contributed by atoms with Gasteiger partial charge in [0, 0.05) is 12.1 Å². The lowest BCUT2D eigenvalue weighted by atomic mass is 10.1. The number of hydrogen-bond donors (Lipinski definition) is 1. The third-order valence-corrected chi connectivity index (χ3v) is 4.21. The third-order valence-electron chi connectivity index (χ3n) is 4.21. The van der Waals surface area contributed by atoms with Crippen LogP contribution in [0.4, 0.5) is 0 Å². The lowest BCUT2D eigenvalue weighted by molar-refractivity contribution is -0.121. The highest BCUT2D eigenvalue weighted by Gasteiger charge is 2.15. The Morgan fingerprint density at radius 3 is 2.75 bits per heavy atom. The molecule has 0 aliphatic heterocycles. The average molecular weight is 325 g/mol. The Kier molecular flexibility index (Phi) is 4.20. The molecule has 0 aliphatic rings. The summed E-state index contributed by atoms with van der Waals surface area (Å²) >= 11 is 0. The molecule has 0 fully saturated rings. The van der Waals surface area contributed by atoms with Gasteiger partial charge in [-0.25, -0.2) is 4.98 Å². The average Bonchev–Trinajstić information content (AvgIpc) is 2.85. The smallest absolute Gasteiger partial charge is 0.265 e. The monoisotopic (exact) mass is 325 g/mol. The molecule has 1 amide bonds. The molecule has 3 rings (SSSR count). The SMILES string of the molecule is Cc1ccccc1CNC(=O)Cn1cnc2oc(C)c(C)c2c1=O. The maximum absolute atomic E-state index is 12.5. The van der Waals surface area contributed by atoms with Gasteiger partial charge in [0.05, 0.1) is 0 Å². The van der Waals surface area contributed by atoms with Gasteiger partial charge in [0.15, 0.2) is 0 Å². The summed E-state index contributed by atoms with van der Waals surface area (Å²) in [4.78, 5) is 28.8. The number of furan rings is 1. The lowest BCUT2D eigenvalue weighted by Crippen LogP contribution is -2.32. The second-order valence-corrected chi connectivity index (χ2v) is 5.84. The summed E-state index contributed by atoms with van der Waals surface area (Å²) in [5.74, 6) is 0.427. The van der Waals surface area contributed by atoms with E-state index >= 15 is 0 Å². The van der Waals surface area contributed by atoms with Gasteiger partial charge in [-0.1, -0.05) is 24.3 Å². The Hall–Kier alpha value is -2.89. The maximum atomic E-state index is 12.5. The molecule has 3 aromatic rings. The molecular weight excluding hydrogens is 306 g/mol. The number of carbonyl (C=O) groups is 1. The van der Waals surface area contributed by atoms with Crippen LogP contribution < -0.4 is 10.9 Å². The highest BCUT2D eigenvalue weighted by molar-refractivity contribution is 5.79. The van der Waals surface area contributed by atoms with Crippen molar-refractivity contribution in [1.29, 1.82) is 0 Å². The molecule has 0 aliphatic carbocycles. The Bertz CT molecular complexity index is 969. The fourth-order valence-corrected chi connectivity index (χ4v) is 2.60. The van der Waals surface area contributed by atoms with E-state index in [1.807, 2.05) is 38.1 Å². The van der Waals surface area contributed by atoms with Crippen LogP contribution in [0.3, 0.4) is 0 Å². The quantitative estimate of drug-likeness (QED) is 0.798. The minimum atomic E-state index is -0.264. The Morgan fingerprint density at radius 1 is 1.25 bits per heavy atom. The first-order valence-electron chi connectivity index (χ1n) is 7.73. The number of amides is 1. The van der Waals surface area contributed by atoms with Crippen LogP contribution in [0.5, 0.6) is 0 Å². The summed E-state index contributed by atoms with van der Waals surface area (Å²) in [6, 6.07) is 7.85. The van der Waals surface area contributed by atoms with Gasteiger partial charge in [-0.05, 0) is 31.9 Å². The molecule has 24 heavy (non-hydrogen) atoms. The number of hydrogen-bond acceptors (Lipinski definition) is 4. The van der Waals surface area contributed by atoms with Gasteiger partial charge >= 0.3 is 0 Å². The van der Waals surface area contributed by atoms with E-state index in [4.69, 9.17) is 4.42 Å². The third kappa shape index (κ3) is 2.95. The Morgan fingerprint density at radius 2 is 2.00 bits per heavy atom. The number of rotatable bonds is 4. The minimum absolute atomic E-state index is 0.0721. The topological polar surface area (TPSA) is 77.1 Å². The van der Waals surface area contributed by atoms with Crippen LogP contribution >= 0.6 is 0 Å². The van der Waals surface area contributed by atoms with Crippen LogP contribution in [-0.4, -0.2) is 15.5 Å². The molecule has 6 heteroatoms. The van der Waals surface area contributed by atoms with Crippen molar-refractivity contribution in [3.05, 3.63) is 63.4 Å². The molecule has 0 spiro atoms. The molecule has 6 nitrogen and oxygen atoms in total. The zero-order valence-electron chi connectivity index (χ0n) is 13.9. The van der Waals surface area contributed by atoms with E-state index in [9.17, 15) is 9.59 Å². The molecule has 2 heterocycles. The summed E-state index contributed by atoms with van der Waals surface area (Å²) in [6.07, 6.45) is 1.35. The molecule has 1 N–H and O–H groups in total. The predicted molar refractivity (Wildman–Crippen MR) is 90.8 cm³/mol. The molecule has 0 unspecified atom stereocenters. The van der Waals surface area contributed by atoms with Gasteiger partial charge in [-0.2, -0.15) is 0 Å². The van der Waals surface area contributed by atoms with Gasteiger partial charge in [0.2, 0.25) is 11.6 Å². The van der Waals surface area contributed by atoms with Crippen LogP contribution in [-0.2, 0) is 17.9 Å². The largest absolute Gasteiger partial charge is 0.443 e. The van der Waals surface area contributed by atoms with Crippen molar-refractivity contribution in [2.45, 2.75) is 33.9 Å². The van der Waals surface area contributed by atoms with E-state index in [2.05, 4.69) is 10.3 Å². The maximum Gasteiger partial charge on any atom is 0.265 e. The number of nitrogens with one attached hydrogen (secondary N) is 1. The van der Waals surface area contributed by atoms with Crippen molar-refractivity contribution in [3.8, 4) is 0 Å². The van der Waals surface area contributed by atoms with Gasteiger partial charge < -0.3 is 9.73 Å². The summed E-state index contributed by atoms with van der Waals surface area (Å²) in [7, 11) is 0. The van der Waals surface area contributed by atoms with E-state index in [-0.39, 0.29) is 18.0 Å². The summed E-state index contributed by atoms with van der Waals surface area (Å²) < 4.78 is 6.74. The first-order valence-corrected chi connectivity index (χ1v) is 7.73. The summed E-state index contributed by atoms with van der Waals surface area (Å²) in [5.41, 5.74) is 2.97. The second kappa shape index (κ2) is 6.31. The van der Waals surface area contributed by atoms with Gasteiger partial charge in [0.25, 0.3) is 5.56 Å². The van der Waals surface area contributed by atoms with Crippen molar-refractivity contribution < 1.29 is 9.21 Å². The van der Waals surface area contributed by atoms with Crippen LogP contribution in [0.25, 0.3) is 11.1 Å². The number of benzene rings is 1. The standard InChI is InChI=1S/C18H19N3O3/c1-11-6-4-5-7-14(11)8-19-15(22)9-21-10-20-17-16(18(21)23)12(2)13(3)24-17/h4-7,10H,8-9H2,1-3H3,(H,19,22). The number of aromatic nitrogens is 2. The normalized spacial score (nSPS) is 11.0. The Balaban J connectivity index is 1.76. The molecule has 0 bridgehead atoms. The fourth-order valence-electron chi connectivity index (χ4n) is 2.60. The van der Waals surface area contributed by atoms with E-state index in [1.165, 1.54) is 10.9 Å². The van der Waals surface area contributed by atoms with Crippen molar-refractivity contribution in [2.75, 3.05) is 0 Å².